The topological polar surface area (TPSA) is 41.6 Å². The van der Waals surface area contributed by atoms with Gasteiger partial charge in [0, 0.05) is 30.3 Å². The molecule has 1 saturated heterocycles. The summed E-state index contributed by atoms with van der Waals surface area (Å²) in [6.07, 6.45) is 1.17. The fourth-order valence-corrected chi connectivity index (χ4v) is 2.53. The van der Waals surface area contributed by atoms with E-state index >= 15 is 0 Å². The van der Waals surface area contributed by atoms with Crippen LogP contribution >= 0.6 is 0 Å². The van der Waals surface area contributed by atoms with Gasteiger partial charge in [0.1, 0.15) is 5.75 Å². The lowest BCUT2D eigenvalue weighted by Crippen LogP contribution is -2.33. The van der Waals surface area contributed by atoms with Gasteiger partial charge in [-0.1, -0.05) is 0 Å². The molecule has 0 aliphatic carbocycles. The monoisotopic (exact) mass is 262 g/mol. The first kappa shape index (κ1) is 14.0. The Bertz CT molecular complexity index is 453. The molecule has 1 aliphatic heterocycles. The lowest BCUT2D eigenvalue weighted by Gasteiger charge is -2.24. The molecular weight excluding hydrogens is 240 g/mol. The molecule has 0 spiro atoms. The maximum Gasteiger partial charge on any atom is 0.159 e. The van der Waals surface area contributed by atoms with Gasteiger partial charge in [-0.3, -0.25) is 9.69 Å². The van der Waals surface area contributed by atoms with Gasteiger partial charge in [-0.25, -0.2) is 0 Å². The summed E-state index contributed by atoms with van der Waals surface area (Å²) < 4.78 is 5.39. The van der Waals surface area contributed by atoms with Crippen molar-refractivity contribution in [2.45, 2.75) is 25.9 Å². The first-order chi connectivity index (χ1) is 9.11. The molecule has 4 heteroatoms. The molecular formula is C15H22N2O2. The highest BCUT2D eigenvalue weighted by molar-refractivity contribution is 5.94. The van der Waals surface area contributed by atoms with E-state index in [2.05, 4.69) is 17.3 Å². The van der Waals surface area contributed by atoms with Crippen LogP contribution in [0.25, 0.3) is 0 Å². The number of rotatable bonds is 5. The Morgan fingerprint density at radius 2 is 2.32 bits per heavy atom. The molecule has 0 saturated carbocycles. The first-order valence-corrected chi connectivity index (χ1v) is 6.70. The smallest absolute Gasteiger partial charge is 0.159 e. The van der Waals surface area contributed by atoms with Crippen LogP contribution in [0.2, 0.25) is 0 Å². The van der Waals surface area contributed by atoms with Crippen LogP contribution < -0.4 is 10.1 Å². The van der Waals surface area contributed by atoms with Crippen molar-refractivity contribution in [1.82, 2.24) is 10.2 Å². The second-order valence-electron chi connectivity index (χ2n) is 5.14. The summed E-state index contributed by atoms with van der Waals surface area (Å²) in [6, 6.07) is 6.21. The summed E-state index contributed by atoms with van der Waals surface area (Å²) in [5, 5.41) is 3.37. The molecule has 0 amide bonds. The molecule has 1 aromatic rings. The Kier molecular flexibility index (Phi) is 4.56. The van der Waals surface area contributed by atoms with Gasteiger partial charge in [-0.15, -0.1) is 0 Å². The van der Waals surface area contributed by atoms with E-state index in [0.29, 0.717) is 6.04 Å². The van der Waals surface area contributed by atoms with Crippen LogP contribution in [0, 0.1) is 0 Å². The average molecular weight is 262 g/mol. The number of carbonyl (C=O) groups is 1. The van der Waals surface area contributed by atoms with E-state index in [1.165, 1.54) is 6.42 Å². The number of hydrogen-bond acceptors (Lipinski definition) is 4. The van der Waals surface area contributed by atoms with Gasteiger partial charge in [0.2, 0.25) is 0 Å². The molecule has 1 N–H and O–H groups in total. The molecule has 1 fully saturated rings. The number of hydrogen-bond donors (Lipinski definition) is 1. The molecule has 104 valence electrons. The van der Waals surface area contributed by atoms with E-state index in [-0.39, 0.29) is 5.78 Å². The van der Waals surface area contributed by atoms with Crippen molar-refractivity contribution in [2.24, 2.45) is 0 Å². The number of benzene rings is 1. The minimum absolute atomic E-state index is 0.0917. The highest BCUT2D eigenvalue weighted by Gasteiger charge is 2.20. The van der Waals surface area contributed by atoms with Gasteiger partial charge in [0.05, 0.1) is 7.11 Å². The summed E-state index contributed by atoms with van der Waals surface area (Å²) in [5.41, 5.74) is 1.82. The molecule has 4 nitrogen and oxygen atoms in total. The maximum atomic E-state index is 11.5. The molecule has 19 heavy (non-hydrogen) atoms. The van der Waals surface area contributed by atoms with E-state index < -0.39 is 0 Å². The van der Waals surface area contributed by atoms with Gasteiger partial charge < -0.3 is 10.1 Å². The third kappa shape index (κ3) is 3.33. The van der Waals surface area contributed by atoms with Crippen LogP contribution in [0.15, 0.2) is 18.2 Å². The minimum atomic E-state index is 0.0917. The number of ether oxygens (including phenoxy) is 1. The molecule has 1 heterocycles. The Morgan fingerprint density at radius 3 is 2.89 bits per heavy atom. The number of nitrogens with zero attached hydrogens (tertiary/aromatic N) is 1. The van der Waals surface area contributed by atoms with Crippen molar-refractivity contribution in [3.05, 3.63) is 29.3 Å². The predicted molar refractivity (Wildman–Crippen MR) is 75.7 cm³/mol. The number of likely N-dealkylation sites (N-methyl/N-ethyl adjacent to an activating group) is 1. The third-order valence-corrected chi connectivity index (χ3v) is 3.76. The van der Waals surface area contributed by atoms with Crippen molar-refractivity contribution in [3.8, 4) is 5.75 Å². The molecule has 0 radical (unpaired) electrons. The van der Waals surface area contributed by atoms with Crippen LogP contribution in [-0.4, -0.2) is 44.0 Å². The van der Waals surface area contributed by atoms with Crippen molar-refractivity contribution in [3.63, 3.8) is 0 Å². The molecule has 2 rings (SSSR count). The average Bonchev–Trinajstić information content (AvgIpc) is 2.92. The fourth-order valence-electron chi connectivity index (χ4n) is 2.53. The lowest BCUT2D eigenvalue weighted by molar-refractivity contribution is 0.101. The number of Topliss-reactive ketones (excluding diaryl/α,β-unsaturated/α-hetero) is 1. The third-order valence-electron chi connectivity index (χ3n) is 3.76. The van der Waals surface area contributed by atoms with E-state index in [4.69, 9.17) is 4.74 Å². The Balaban J connectivity index is 2.16. The molecule has 1 atom stereocenters. The zero-order valence-electron chi connectivity index (χ0n) is 11.9. The molecule has 1 unspecified atom stereocenters. The summed E-state index contributed by atoms with van der Waals surface area (Å²) in [4.78, 5) is 13.8. The summed E-state index contributed by atoms with van der Waals surface area (Å²) >= 11 is 0. The maximum absolute atomic E-state index is 11.5. The van der Waals surface area contributed by atoms with Gasteiger partial charge >= 0.3 is 0 Å². The Labute approximate surface area is 114 Å². The molecule has 1 aliphatic rings. The van der Waals surface area contributed by atoms with Crippen LogP contribution in [-0.2, 0) is 6.54 Å². The van der Waals surface area contributed by atoms with Crippen molar-refractivity contribution < 1.29 is 9.53 Å². The molecule has 0 aromatic heterocycles. The van der Waals surface area contributed by atoms with E-state index in [1.807, 2.05) is 18.2 Å². The zero-order chi connectivity index (χ0) is 13.8. The van der Waals surface area contributed by atoms with Gasteiger partial charge in [-0.2, -0.15) is 0 Å². The Morgan fingerprint density at radius 1 is 1.53 bits per heavy atom. The zero-order valence-corrected chi connectivity index (χ0v) is 11.9. The van der Waals surface area contributed by atoms with E-state index in [1.54, 1.807) is 14.0 Å². The standard InChI is InChI=1S/C15H22N2O2/c1-11(18)12-4-5-15(19-3)13(8-12)10-17(2)14-6-7-16-9-14/h4-5,8,14,16H,6-7,9-10H2,1-3H3. The van der Waals surface area contributed by atoms with Gasteiger partial charge in [0.25, 0.3) is 0 Å². The predicted octanol–water partition coefficient (Wildman–Crippen LogP) is 1.69. The normalized spacial score (nSPS) is 18.8. The van der Waals surface area contributed by atoms with Gasteiger partial charge in [0.15, 0.2) is 5.78 Å². The van der Waals surface area contributed by atoms with E-state index in [0.717, 1.165) is 36.5 Å². The number of ketones is 1. The quantitative estimate of drug-likeness (QED) is 0.820. The van der Waals surface area contributed by atoms with Gasteiger partial charge in [-0.05, 0) is 45.1 Å². The second-order valence-corrected chi connectivity index (χ2v) is 5.14. The van der Waals surface area contributed by atoms with Crippen molar-refractivity contribution in [1.29, 1.82) is 0 Å². The van der Waals surface area contributed by atoms with Crippen LogP contribution in [0.1, 0.15) is 29.3 Å². The van der Waals surface area contributed by atoms with Crippen molar-refractivity contribution >= 4 is 5.78 Å². The Hall–Kier alpha value is -1.39. The highest BCUT2D eigenvalue weighted by atomic mass is 16.5. The summed E-state index contributed by atoms with van der Waals surface area (Å²) in [6.45, 7) is 4.51. The SMILES string of the molecule is COc1ccc(C(C)=O)cc1CN(C)C1CCNC1. The van der Waals surface area contributed by atoms with Crippen molar-refractivity contribution in [2.75, 3.05) is 27.2 Å². The molecule has 1 aromatic carbocycles. The highest BCUT2D eigenvalue weighted by Crippen LogP contribution is 2.23. The fraction of sp³-hybridized carbons (Fsp3) is 0.533. The van der Waals surface area contributed by atoms with Crippen LogP contribution in [0.3, 0.4) is 0 Å². The van der Waals surface area contributed by atoms with Crippen LogP contribution in [0.4, 0.5) is 0 Å². The van der Waals surface area contributed by atoms with Crippen LogP contribution in [0.5, 0.6) is 5.75 Å². The largest absolute Gasteiger partial charge is 0.496 e. The lowest BCUT2D eigenvalue weighted by atomic mass is 10.1. The summed E-state index contributed by atoms with van der Waals surface area (Å²) in [7, 11) is 3.79. The summed E-state index contributed by atoms with van der Waals surface area (Å²) in [5.74, 6) is 0.942. The minimum Gasteiger partial charge on any atom is -0.496 e. The van der Waals surface area contributed by atoms with E-state index in [9.17, 15) is 4.79 Å². The number of methoxy groups -OCH3 is 1. The first-order valence-electron chi connectivity index (χ1n) is 6.70. The molecule has 0 bridgehead atoms. The number of nitrogens with one attached hydrogen (secondary N) is 1. The second kappa shape index (κ2) is 6.17. The number of carbonyl (C=O) groups excluding carboxylic acids is 1.